The number of pyridine rings is 1. The van der Waals surface area contributed by atoms with Crippen molar-refractivity contribution < 1.29 is 14.6 Å². The molecule has 0 radical (unpaired) electrons. The minimum absolute atomic E-state index is 0.0432. The number of halogens is 1. The Balaban J connectivity index is 1.59. The minimum Gasteiger partial charge on any atom is -0.389 e. The highest BCUT2D eigenvalue weighted by Crippen LogP contribution is 2.31. The van der Waals surface area contributed by atoms with Crippen molar-refractivity contribution in [2.75, 3.05) is 31.7 Å². The fraction of sp³-hybridized carbons (Fsp3) is 0.552. The molecule has 0 aliphatic carbocycles. The normalized spacial score (nSPS) is 24.4. The Hall–Kier alpha value is -2.56. The van der Waals surface area contributed by atoms with Gasteiger partial charge in [0, 0.05) is 53.5 Å². The minimum atomic E-state index is -0.638. The van der Waals surface area contributed by atoms with Gasteiger partial charge in [0.1, 0.15) is 0 Å². The molecule has 0 saturated carbocycles. The highest BCUT2D eigenvalue weighted by Gasteiger charge is 2.28. The topological polar surface area (TPSA) is 102 Å². The molecule has 2 saturated heterocycles. The van der Waals surface area contributed by atoms with Crippen LogP contribution >= 0.6 is 11.6 Å². The SMILES string of the molecule is Cc1c(CN2[C@H](C)COC[C@@H]2C)n(C(C)C)c2cc(-c3nc(N[C@@H]4CCOC[C@H]4O)ncc3Cl)ccc2c1=O. The lowest BCUT2D eigenvalue weighted by molar-refractivity contribution is -0.0420. The molecule has 0 spiro atoms. The number of fused-ring (bicyclic) bond motifs is 1. The van der Waals surface area contributed by atoms with Crippen LogP contribution in [-0.4, -0.2) is 75.2 Å². The second-order valence-corrected chi connectivity index (χ2v) is 11.5. The van der Waals surface area contributed by atoms with E-state index in [1.807, 2.05) is 25.1 Å². The Labute approximate surface area is 234 Å². The van der Waals surface area contributed by atoms with Crippen molar-refractivity contribution in [3.63, 3.8) is 0 Å². The largest absolute Gasteiger partial charge is 0.389 e. The van der Waals surface area contributed by atoms with E-state index in [1.165, 1.54) is 0 Å². The van der Waals surface area contributed by atoms with Crippen LogP contribution in [0.3, 0.4) is 0 Å². The van der Waals surface area contributed by atoms with Crippen LogP contribution in [0.15, 0.2) is 29.2 Å². The third-order valence-electron chi connectivity index (χ3n) is 7.92. The monoisotopic (exact) mass is 555 g/mol. The second-order valence-electron chi connectivity index (χ2n) is 11.1. The lowest BCUT2D eigenvalue weighted by Crippen LogP contribution is -2.49. The number of aliphatic hydroxyl groups excluding tert-OH is 1. The van der Waals surface area contributed by atoms with Crippen LogP contribution in [0, 0.1) is 6.92 Å². The maximum atomic E-state index is 13.6. The summed E-state index contributed by atoms with van der Waals surface area (Å²) in [4.78, 5) is 25.1. The molecule has 4 atom stereocenters. The van der Waals surface area contributed by atoms with Crippen molar-refractivity contribution in [2.45, 2.75) is 77.9 Å². The summed E-state index contributed by atoms with van der Waals surface area (Å²) >= 11 is 6.60. The van der Waals surface area contributed by atoms with E-state index < -0.39 is 6.10 Å². The van der Waals surface area contributed by atoms with Gasteiger partial charge in [0.05, 0.1) is 54.4 Å². The molecule has 2 fully saturated rings. The van der Waals surface area contributed by atoms with Gasteiger partial charge >= 0.3 is 0 Å². The van der Waals surface area contributed by atoms with Gasteiger partial charge < -0.3 is 24.5 Å². The van der Waals surface area contributed by atoms with E-state index in [1.54, 1.807) is 6.20 Å². The van der Waals surface area contributed by atoms with E-state index in [9.17, 15) is 9.90 Å². The van der Waals surface area contributed by atoms with Gasteiger partial charge in [-0.05, 0) is 53.2 Å². The standard InChI is InChI=1S/C29H38ClN5O4/c1-16(2)35-24-10-20(27-22(30)11-31-29(33-27)32-23-8-9-38-15-26(23)36)6-7-21(24)28(37)19(5)25(35)12-34-17(3)13-39-14-18(34)4/h6-7,10-11,16-18,23,26,36H,8-9,12-15H2,1-5H3,(H,31,32,33)/t17-,18+,23-,26-/m1/s1. The molecule has 9 nitrogen and oxygen atoms in total. The zero-order valence-electron chi connectivity index (χ0n) is 23.3. The van der Waals surface area contributed by atoms with E-state index in [2.05, 4.69) is 47.5 Å². The van der Waals surface area contributed by atoms with Gasteiger partial charge in [0.15, 0.2) is 5.43 Å². The lowest BCUT2D eigenvalue weighted by atomic mass is 10.0. The lowest BCUT2D eigenvalue weighted by Gasteiger charge is -2.39. The van der Waals surface area contributed by atoms with Gasteiger partial charge in [-0.2, -0.15) is 0 Å². The first-order valence-corrected chi connectivity index (χ1v) is 14.1. The van der Waals surface area contributed by atoms with Crippen molar-refractivity contribution in [1.29, 1.82) is 0 Å². The number of benzene rings is 1. The van der Waals surface area contributed by atoms with Crippen molar-refractivity contribution >= 4 is 28.5 Å². The average molecular weight is 556 g/mol. The molecule has 2 aliphatic rings. The molecular formula is C29H38ClN5O4. The quantitative estimate of drug-likeness (QED) is 0.467. The number of nitrogens with one attached hydrogen (secondary N) is 1. The molecule has 2 aromatic heterocycles. The molecule has 0 unspecified atom stereocenters. The Kier molecular flexibility index (Phi) is 8.26. The van der Waals surface area contributed by atoms with Gasteiger partial charge in [0.25, 0.3) is 0 Å². The van der Waals surface area contributed by atoms with Crippen molar-refractivity contribution in [3.05, 3.63) is 50.9 Å². The Bertz CT molecular complexity index is 1400. The maximum Gasteiger partial charge on any atom is 0.223 e. The third-order valence-corrected chi connectivity index (χ3v) is 8.20. The summed E-state index contributed by atoms with van der Waals surface area (Å²) in [6, 6.07) is 6.20. The van der Waals surface area contributed by atoms with Crippen LogP contribution in [0.2, 0.25) is 5.02 Å². The maximum absolute atomic E-state index is 13.6. The second kappa shape index (κ2) is 11.5. The summed E-state index contributed by atoms with van der Waals surface area (Å²) < 4.78 is 13.3. The third kappa shape index (κ3) is 5.56. The average Bonchev–Trinajstić information content (AvgIpc) is 2.91. The van der Waals surface area contributed by atoms with Crippen LogP contribution in [0.4, 0.5) is 5.95 Å². The van der Waals surface area contributed by atoms with Crippen LogP contribution in [-0.2, 0) is 16.0 Å². The molecule has 3 aromatic rings. The number of aromatic nitrogens is 3. The molecule has 39 heavy (non-hydrogen) atoms. The summed E-state index contributed by atoms with van der Waals surface area (Å²) in [6.07, 6.45) is 1.59. The molecule has 1 aromatic carbocycles. The zero-order chi connectivity index (χ0) is 27.8. The smallest absolute Gasteiger partial charge is 0.223 e. The highest BCUT2D eigenvalue weighted by molar-refractivity contribution is 6.33. The van der Waals surface area contributed by atoms with E-state index in [0.29, 0.717) is 54.8 Å². The molecule has 0 bridgehead atoms. The zero-order valence-corrected chi connectivity index (χ0v) is 24.0. The first-order chi connectivity index (χ1) is 18.7. The van der Waals surface area contributed by atoms with Gasteiger partial charge in [0.2, 0.25) is 5.95 Å². The molecule has 2 N–H and O–H groups in total. The van der Waals surface area contributed by atoms with E-state index >= 15 is 0 Å². The molecule has 210 valence electrons. The molecule has 4 heterocycles. The highest BCUT2D eigenvalue weighted by atomic mass is 35.5. The van der Waals surface area contributed by atoms with E-state index in [0.717, 1.165) is 22.3 Å². The molecule has 10 heteroatoms. The van der Waals surface area contributed by atoms with Crippen molar-refractivity contribution in [3.8, 4) is 11.3 Å². The van der Waals surface area contributed by atoms with Crippen LogP contribution in [0.25, 0.3) is 22.2 Å². The summed E-state index contributed by atoms with van der Waals surface area (Å²) in [5.41, 5.74) is 4.05. The number of hydrogen-bond donors (Lipinski definition) is 2. The Morgan fingerprint density at radius 2 is 1.92 bits per heavy atom. The van der Waals surface area contributed by atoms with Gasteiger partial charge in [-0.25, -0.2) is 9.97 Å². The van der Waals surface area contributed by atoms with Gasteiger partial charge in [-0.3, -0.25) is 9.69 Å². The number of aliphatic hydroxyl groups is 1. The Morgan fingerprint density at radius 3 is 2.62 bits per heavy atom. The van der Waals surface area contributed by atoms with Crippen LogP contribution in [0.5, 0.6) is 0 Å². The number of ether oxygens (including phenoxy) is 2. The number of hydrogen-bond acceptors (Lipinski definition) is 8. The van der Waals surface area contributed by atoms with Crippen LogP contribution in [0.1, 0.15) is 51.4 Å². The number of nitrogens with zero attached hydrogens (tertiary/aromatic N) is 4. The number of rotatable bonds is 6. The first-order valence-electron chi connectivity index (χ1n) is 13.7. The van der Waals surface area contributed by atoms with Gasteiger partial charge in [-0.15, -0.1) is 0 Å². The number of anilines is 1. The predicted molar refractivity (Wildman–Crippen MR) is 154 cm³/mol. The van der Waals surface area contributed by atoms with E-state index in [-0.39, 0.29) is 36.2 Å². The molecule has 5 rings (SSSR count). The first kappa shape index (κ1) is 28.0. The van der Waals surface area contributed by atoms with Gasteiger partial charge in [-0.1, -0.05) is 17.7 Å². The molecular weight excluding hydrogens is 518 g/mol. The molecule has 0 amide bonds. The number of morpholine rings is 1. The fourth-order valence-electron chi connectivity index (χ4n) is 5.73. The summed E-state index contributed by atoms with van der Waals surface area (Å²) in [5, 5.41) is 14.6. The molecule has 2 aliphatic heterocycles. The van der Waals surface area contributed by atoms with Crippen LogP contribution < -0.4 is 10.7 Å². The van der Waals surface area contributed by atoms with E-state index in [4.69, 9.17) is 26.1 Å². The summed E-state index contributed by atoms with van der Waals surface area (Å²) in [7, 11) is 0. The summed E-state index contributed by atoms with van der Waals surface area (Å²) in [6.45, 7) is 13.4. The summed E-state index contributed by atoms with van der Waals surface area (Å²) in [5.74, 6) is 0.390. The van der Waals surface area contributed by atoms with Crippen molar-refractivity contribution in [2.24, 2.45) is 0 Å². The van der Waals surface area contributed by atoms with Crippen molar-refractivity contribution in [1.82, 2.24) is 19.4 Å². The Morgan fingerprint density at radius 1 is 1.18 bits per heavy atom. The fourth-order valence-corrected chi connectivity index (χ4v) is 5.93. The predicted octanol–water partition coefficient (Wildman–Crippen LogP) is 4.17.